The van der Waals surface area contributed by atoms with Crippen LogP contribution in [0.5, 0.6) is 0 Å². The second kappa shape index (κ2) is 5.40. The molecular weight excluding hydrogens is 164 g/mol. The fourth-order valence-electron chi connectivity index (χ4n) is 0.452. The standard InChI is InChI=1S/C6H14N2O2S/c1-4(7)2-11-3-5(8)6(9)10/h4-5H,2-3,7-8H2,1H3,(H,9,10). The summed E-state index contributed by atoms with van der Waals surface area (Å²) in [5.41, 5.74) is 10.7. The quantitative estimate of drug-likeness (QED) is 0.527. The Hall–Kier alpha value is -0.260. The number of nitrogens with two attached hydrogens (primary N) is 2. The van der Waals surface area contributed by atoms with Gasteiger partial charge in [0.25, 0.3) is 0 Å². The van der Waals surface area contributed by atoms with Crippen LogP contribution in [0.1, 0.15) is 6.92 Å². The third-order valence-electron chi connectivity index (χ3n) is 0.995. The number of carboxylic acid groups (broad SMARTS) is 1. The van der Waals surface area contributed by atoms with E-state index in [9.17, 15) is 4.79 Å². The molecule has 0 fully saturated rings. The fourth-order valence-corrected chi connectivity index (χ4v) is 1.36. The summed E-state index contributed by atoms with van der Waals surface area (Å²) in [4.78, 5) is 10.2. The Kier molecular flexibility index (Phi) is 5.27. The third-order valence-corrected chi connectivity index (χ3v) is 2.35. The van der Waals surface area contributed by atoms with E-state index in [0.29, 0.717) is 5.75 Å². The minimum Gasteiger partial charge on any atom is -0.480 e. The van der Waals surface area contributed by atoms with Gasteiger partial charge in [-0.2, -0.15) is 11.8 Å². The van der Waals surface area contributed by atoms with Crippen LogP contribution in [-0.2, 0) is 4.79 Å². The minimum absolute atomic E-state index is 0.0981. The first-order valence-corrected chi connectivity index (χ1v) is 4.51. The summed E-state index contributed by atoms with van der Waals surface area (Å²) >= 11 is 1.47. The first-order valence-electron chi connectivity index (χ1n) is 3.35. The van der Waals surface area contributed by atoms with E-state index in [1.165, 1.54) is 11.8 Å². The minimum atomic E-state index is -0.956. The highest BCUT2D eigenvalue weighted by molar-refractivity contribution is 7.99. The summed E-state index contributed by atoms with van der Waals surface area (Å²) < 4.78 is 0. The van der Waals surface area contributed by atoms with E-state index >= 15 is 0 Å². The summed E-state index contributed by atoms with van der Waals surface area (Å²) in [6.45, 7) is 1.87. The number of carboxylic acids is 1. The van der Waals surface area contributed by atoms with Crippen molar-refractivity contribution in [2.75, 3.05) is 11.5 Å². The molecule has 4 nitrogen and oxygen atoms in total. The van der Waals surface area contributed by atoms with Crippen LogP contribution in [0.4, 0.5) is 0 Å². The van der Waals surface area contributed by atoms with Crippen molar-refractivity contribution in [1.82, 2.24) is 0 Å². The average Bonchev–Trinajstić information content (AvgIpc) is 1.86. The Balaban J connectivity index is 3.31. The van der Waals surface area contributed by atoms with Crippen molar-refractivity contribution >= 4 is 17.7 Å². The SMILES string of the molecule is CC(N)CSCC(N)C(=O)O. The predicted molar refractivity (Wildman–Crippen MR) is 46.6 cm³/mol. The number of carbonyl (C=O) groups is 1. The van der Waals surface area contributed by atoms with Gasteiger partial charge >= 0.3 is 5.97 Å². The van der Waals surface area contributed by atoms with Crippen LogP contribution in [0, 0.1) is 0 Å². The second-order valence-electron chi connectivity index (χ2n) is 2.46. The van der Waals surface area contributed by atoms with Crippen molar-refractivity contribution in [1.29, 1.82) is 0 Å². The molecule has 0 bridgehead atoms. The smallest absolute Gasteiger partial charge is 0.321 e. The topological polar surface area (TPSA) is 89.3 Å². The summed E-state index contributed by atoms with van der Waals surface area (Å²) in [6.07, 6.45) is 0. The molecule has 66 valence electrons. The molecule has 2 unspecified atom stereocenters. The summed E-state index contributed by atoms with van der Waals surface area (Å²) in [6, 6.07) is -0.667. The largest absolute Gasteiger partial charge is 0.480 e. The van der Waals surface area contributed by atoms with Gasteiger partial charge in [0, 0.05) is 17.5 Å². The zero-order valence-electron chi connectivity index (χ0n) is 6.49. The molecule has 0 saturated carbocycles. The zero-order valence-corrected chi connectivity index (χ0v) is 7.30. The molecular formula is C6H14N2O2S. The first kappa shape index (κ1) is 10.7. The number of hydrogen-bond acceptors (Lipinski definition) is 4. The monoisotopic (exact) mass is 178 g/mol. The first-order chi connectivity index (χ1) is 5.04. The molecule has 0 radical (unpaired) electrons. The van der Waals surface area contributed by atoms with Gasteiger partial charge in [-0.3, -0.25) is 4.79 Å². The van der Waals surface area contributed by atoms with E-state index in [-0.39, 0.29) is 6.04 Å². The van der Waals surface area contributed by atoms with E-state index in [1.54, 1.807) is 0 Å². The van der Waals surface area contributed by atoms with Crippen LogP contribution in [-0.4, -0.2) is 34.7 Å². The highest BCUT2D eigenvalue weighted by atomic mass is 32.2. The summed E-state index contributed by atoms with van der Waals surface area (Å²) in [5.74, 6) is 0.222. The Morgan fingerprint density at radius 1 is 1.55 bits per heavy atom. The molecule has 0 aliphatic heterocycles. The van der Waals surface area contributed by atoms with Gasteiger partial charge in [-0.1, -0.05) is 0 Å². The van der Waals surface area contributed by atoms with Gasteiger partial charge in [0.05, 0.1) is 0 Å². The molecule has 11 heavy (non-hydrogen) atoms. The van der Waals surface area contributed by atoms with E-state index in [2.05, 4.69) is 0 Å². The van der Waals surface area contributed by atoms with E-state index in [0.717, 1.165) is 5.75 Å². The maximum atomic E-state index is 10.2. The number of thioether (sulfide) groups is 1. The normalized spacial score (nSPS) is 15.9. The lowest BCUT2D eigenvalue weighted by atomic mass is 10.4. The molecule has 0 heterocycles. The van der Waals surface area contributed by atoms with Crippen LogP contribution >= 0.6 is 11.8 Å². The molecule has 2 atom stereocenters. The Morgan fingerprint density at radius 2 is 2.09 bits per heavy atom. The van der Waals surface area contributed by atoms with Gasteiger partial charge in [-0.25, -0.2) is 0 Å². The lowest BCUT2D eigenvalue weighted by molar-refractivity contribution is -0.137. The van der Waals surface area contributed by atoms with Crippen LogP contribution < -0.4 is 11.5 Å². The van der Waals surface area contributed by atoms with Crippen molar-refractivity contribution in [3.05, 3.63) is 0 Å². The van der Waals surface area contributed by atoms with Crippen LogP contribution in [0.15, 0.2) is 0 Å². The molecule has 0 aromatic rings. The van der Waals surface area contributed by atoms with E-state index in [1.807, 2.05) is 6.92 Å². The van der Waals surface area contributed by atoms with Gasteiger partial charge in [-0.15, -0.1) is 0 Å². The molecule has 0 amide bonds. The highest BCUT2D eigenvalue weighted by Crippen LogP contribution is 2.02. The molecule has 0 saturated heterocycles. The zero-order chi connectivity index (χ0) is 8.85. The van der Waals surface area contributed by atoms with E-state index in [4.69, 9.17) is 16.6 Å². The van der Waals surface area contributed by atoms with Gasteiger partial charge in [-0.05, 0) is 6.92 Å². The van der Waals surface area contributed by atoms with Crippen LogP contribution in [0.2, 0.25) is 0 Å². The molecule has 0 spiro atoms. The second-order valence-corrected chi connectivity index (χ2v) is 3.53. The number of rotatable bonds is 5. The number of hydrogen-bond donors (Lipinski definition) is 3. The van der Waals surface area contributed by atoms with Gasteiger partial charge in [0.1, 0.15) is 6.04 Å². The van der Waals surface area contributed by atoms with Crippen LogP contribution in [0.3, 0.4) is 0 Å². The molecule has 0 aromatic heterocycles. The molecule has 0 aliphatic carbocycles. The van der Waals surface area contributed by atoms with Gasteiger partial charge in [0.2, 0.25) is 0 Å². The van der Waals surface area contributed by atoms with Crippen molar-refractivity contribution < 1.29 is 9.90 Å². The fraction of sp³-hybridized carbons (Fsp3) is 0.833. The lowest BCUT2D eigenvalue weighted by Crippen LogP contribution is -2.33. The van der Waals surface area contributed by atoms with Gasteiger partial charge in [0.15, 0.2) is 0 Å². The maximum absolute atomic E-state index is 10.2. The van der Waals surface area contributed by atoms with Crippen molar-refractivity contribution in [2.45, 2.75) is 19.0 Å². The molecule has 0 rings (SSSR count). The highest BCUT2D eigenvalue weighted by Gasteiger charge is 2.10. The molecule has 5 N–H and O–H groups in total. The summed E-state index contributed by atoms with van der Waals surface area (Å²) in [5, 5.41) is 8.38. The van der Waals surface area contributed by atoms with Crippen molar-refractivity contribution in [2.24, 2.45) is 11.5 Å². The van der Waals surface area contributed by atoms with E-state index < -0.39 is 12.0 Å². The Morgan fingerprint density at radius 3 is 2.45 bits per heavy atom. The molecule has 5 heteroatoms. The van der Waals surface area contributed by atoms with Crippen molar-refractivity contribution in [3.8, 4) is 0 Å². The lowest BCUT2D eigenvalue weighted by Gasteiger charge is -2.07. The molecule has 0 aromatic carbocycles. The Bertz CT molecular complexity index is 130. The summed E-state index contributed by atoms with van der Waals surface area (Å²) in [7, 11) is 0. The van der Waals surface area contributed by atoms with Crippen LogP contribution in [0.25, 0.3) is 0 Å². The molecule has 0 aliphatic rings. The number of aliphatic carboxylic acids is 1. The third kappa shape index (κ3) is 6.15. The van der Waals surface area contributed by atoms with Crippen molar-refractivity contribution in [3.63, 3.8) is 0 Å². The predicted octanol–water partition coefficient (Wildman–Crippen LogP) is -0.521. The average molecular weight is 178 g/mol. The van der Waals surface area contributed by atoms with Gasteiger partial charge < -0.3 is 16.6 Å². The Labute approximate surface area is 70.3 Å². The maximum Gasteiger partial charge on any atom is 0.321 e.